The Morgan fingerprint density at radius 2 is 1.85 bits per heavy atom. The number of oxazole rings is 1. The molecule has 0 atom stereocenters. The van der Waals surface area contributed by atoms with Gasteiger partial charge in [-0.3, -0.25) is 0 Å². The Labute approximate surface area is 113 Å². The summed E-state index contributed by atoms with van der Waals surface area (Å²) in [6.45, 7) is 1.53. The van der Waals surface area contributed by atoms with Crippen LogP contribution in [0.1, 0.15) is 17.0 Å². The fourth-order valence-corrected chi connectivity index (χ4v) is 2.88. The first-order valence-corrected chi connectivity index (χ1v) is 7.08. The number of alkyl halides is 3. The van der Waals surface area contributed by atoms with E-state index in [-0.39, 0.29) is 10.6 Å². The number of benzene rings is 1. The van der Waals surface area contributed by atoms with Crippen molar-refractivity contribution >= 4 is 9.84 Å². The van der Waals surface area contributed by atoms with Crippen molar-refractivity contribution in [1.29, 1.82) is 0 Å². The van der Waals surface area contributed by atoms with Crippen LogP contribution in [0, 0.1) is 13.3 Å². The maximum Gasteiger partial charge on any atom is 0.416 e. The molecule has 0 aliphatic carbocycles. The van der Waals surface area contributed by atoms with Crippen LogP contribution in [0.4, 0.5) is 13.2 Å². The van der Waals surface area contributed by atoms with Crippen molar-refractivity contribution in [2.75, 3.05) is 0 Å². The van der Waals surface area contributed by atoms with Gasteiger partial charge in [0.2, 0.25) is 0 Å². The standard InChI is InChI=1S/C12H9F3NO3S/c1-8-11(16-7-19-8)6-20(17,18)10-4-2-9(3-5-10)12(13,14)15/h2-5H,6H2,1H3. The van der Waals surface area contributed by atoms with Crippen LogP contribution in [0.3, 0.4) is 0 Å². The Morgan fingerprint density at radius 3 is 2.30 bits per heavy atom. The first-order valence-electron chi connectivity index (χ1n) is 5.42. The number of sulfone groups is 1. The van der Waals surface area contributed by atoms with Gasteiger partial charge in [-0.25, -0.2) is 13.4 Å². The molecule has 8 heteroatoms. The van der Waals surface area contributed by atoms with Crippen LogP contribution in [0.2, 0.25) is 0 Å². The SMILES string of the molecule is Cc1o[c]nc1CS(=O)(=O)c1ccc(C(F)(F)F)cc1. The predicted molar refractivity (Wildman–Crippen MR) is 62.4 cm³/mol. The molecule has 0 saturated carbocycles. The normalized spacial score (nSPS) is 12.6. The van der Waals surface area contributed by atoms with Gasteiger partial charge in [0.25, 0.3) is 6.39 Å². The molecule has 0 bridgehead atoms. The van der Waals surface area contributed by atoms with Crippen molar-refractivity contribution in [1.82, 2.24) is 4.98 Å². The van der Waals surface area contributed by atoms with Crippen molar-refractivity contribution in [3.63, 3.8) is 0 Å². The minimum Gasteiger partial charge on any atom is -0.438 e. The quantitative estimate of drug-likeness (QED) is 0.875. The number of aryl methyl sites for hydroxylation is 1. The smallest absolute Gasteiger partial charge is 0.416 e. The zero-order chi connectivity index (χ0) is 15.0. The van der Waals surface area contributed by atoms with Gasteiger partial charge in [-0.2, -0.15) is 13.2 Å². The van der Waals surface area contributed by atoms with Crippen LogP contribution in [0.15, 0.2) is 33.6 Å². The first-order chi connectivity index (χ1) is 9.20. The molecule has 1 radical (unpaired) electrons. The van der Waals surface area contributed by atoms with Crippen molar-refractivity contribution in [2.45, 2.75) is 23.7 Å². The summed E-state index contributed by atoms with van der Waals surface area (Å²) in [5.41, 5.74) is -0.715. The van der Waals surface area contributed by atoms with Crippen LogP contribution in [-0.4, -0.2) is 13.4 Å². The average molecular weight is 304 g/mol. The van der Waals surface area contributed by atoms with E-state index in [0.717, 1.165) is 24.3 Å². The maximum absolute atomic E-state index is 12.4. The van der Waals surface area contributed by atoms with Crippen LogP contribution in [0.25, 0.3) is 0 Å². The summed E-state index contributed by atoms with van der Waals surface area (Å²) in [6, 6.07) is 3.32. The summed E-state index contributed by atoms with van der Waals surface area (Å²) >= 11 is 0. The minimum absolute atomic E-state index is 0.185. The van der Waals surface area contributed by atoms with E-state index in [0.29, 0.717) is 5.76 Å². The second-order valence-corrected chi connectivity index (χ2v) is 6.08. The van der Waals surface area contributed by atoms with Crippen LogP contribution >= 0.6 is 0 Å². The summed E-state index contributed by atoms with van der Waals surface area (Å²) < 4.78 is 66.0. The number of hydrogen-bond donors (Lipinski definition) is 0. The number of rotatable bonds is 3. The van der Waals surface area contributed by atoms with Gasteiger partial charge in [-0.15, -0.1) is 0 Å². The molecule has 4 nitrogen and oxygen atoms in total. The molecule has 0 amide bonds. The molecule has 0 unspecified atom stereocenters. The summed E-state index contributed by atoms with van der Waals surface area (Å²) in [5.74, 6) is -0.141. The molecule has 2 aromatic rings. The molecule has 1 heterocycles. The largest absolute Gasteiger partial charge is 0.438 e. The highest BCUT2D eigenvalue weighted by atomic mass is 32.2. The van der Waals surface area contributed by atoms with E-state index in [2.05, 4.69) is 11.4 Å². The van der Waals surface area contributed by atoms with E-state index in [1.165, 1.54) is 6.92 Å². The lowest BCUT2D eigenvalue weighted by molar-refractivity contribution is -0.137. The van der Waals surface area contributed by atoms with E-state index in [4.69, 9.17) is 4.42 Å². The Kier molecular flexibility index (Phi) is 3.59. The Balaban J connectivity index is 2.29. The maximum atomic E-state index is 12.4. The van der Waals surface area contributed by atoms with Crippen molar-refractivity contribution < 1.29 is 26.0 Å². The summed E-state index contributed by atoms with van der Waals surface area (Å²) in [6.07, 6.45) is -2.34. The summed E-state index contributed by atoms with van der Waals surface area (Å²) in [4.78, 5) is 3.43. The molecule has 1 aromatic carbocycles. The van der Waals surface area contributed by atoms with Gasteiger partial charge in [0.1, 0.15) is 11.5 Å². The van der Waals surface area contributed by atoms with Gasteiger partial charge in [0.15, 0.2) is 9.84 Å². The topological polar surface area (TPSA) is 60.2 Å². The van der Waals surface area contributed by atoms with Crippen LogP contribution < -0.4 is 0 Å². The van der Waals surface area contributed by atoms with E-state index in [9.17, 15) is 21.6 Å². The lowest BCUT2D eigenvalue weighted by atomic mass is 10.2. The minimum atomic E-state index is -4.50. The molecule has 1 aromatic heterocycles. The molecule has 0 fully saturated rings. The lowest BCUT2D eigenvalue weighted by Crippen LogP contribution is -2.08. The van der Waals surface area contributed by atoms with Gasteiger partial charge in [-0.05, 0) is 31.2 Å². The van der Waals surface area contributed by atoms with E-state index in [1.54, 1.807) is 0 Å². The molecule has 0 aliphatic heterocycles. The van der Waals surface area contributed by atoms with E-state index in [1.807, 2.05) is 0 Å². The van der Waals surface area contributed by atoms with Crippen molar-refractivity contribution in [3.05, 3.63) is 47.7 Å². The van der Waals surface area contributed by atoms with Gasteiger partial charge < -0.3 is 4.42 Å². The number of hydrogen-bond acceptors (Lipinski definition) is 4. The molecule has 0 aliphatic rings. The Morgan fingerprint density at radius 1 is 1.25 bits per heavy atom. The molecule has 107 valence electrons. The third-order valence-corrected chi connectivity index (χ3v) is 4.30. The predicted octanol–water partition coefficient (Wildman–Crippen LogP) is 2.78. The average Bonchev–Trinajstić information content (AvgIpc) is 2.73. The summed E-state index contributed by atoms with van der Waals surface area (Å²) in [7, 11) is -3.78. The zero-order valence-corrected chi connectivity index (χ0v) is 11.0. The number of aromatic nitrogens is 1. The molecule has 0 saturated heterocycles. The van der Waals surface area contributed by atoms with Gasteiger partial charge in [-0.1, -0.05) is 0 Å². The third kappa shape index (κ3) is 3.01. The highest BCUT2D eigenvalue weighted by Crippen LogP contribution is 2.30. The zero-order valence-electron chi connectivity index (χ0n) is 10.2. The molecular weight excluding hydrogens is 295 g/mol. The van der Waals surface area contributed by atoms with Crippen LogP contribution in [-0.2, 0) is 21.8 Å². The molecule has 0 spiro atoms. The molecule has 2 rings (SSSR count). The highest BCUT2D eigenvalue weighted by Gasteiger charge is 2.30. The van der Waals surface area contributed by atoms with Gasteiger partial charge in [0, 0.05) is 0 Å². The van der Waals surface area contributed by atoms with Gasteiger partial charge in [0.05, 0.1) is 16.2 Å². The Bertz CT molecular complexity index is 702. The van der Waals surface area contributed by atoms with E-state index >= 15 is 0 Å². The van der Waals surface area contributed by atoms with Gasteiger partial charge >= 0.3 is 6.18 Å². The number of halogens is 3. The lowest BCUT2D eigenvalue weighted by Gasteiger charge is -2.08. The third-order valence-electron chi connectivity index (χ3n) is 2.65. The Hall–Kier alpha value is -1.83. The van der Waals surface area contributed by atoms with Crippen molar-refractivity contribution in [2.24, 2.45) is 0 Å². The van der Waals surface area contributed by atoms with E-state index < -0.39 is 27.3 Å². The molecule has 20 heavy (non-hydrogen) atoms. The molecular formula is C12H9F3NO3S. The highest BCUT2D eigenvalue weighted by molar-refractivity contribution is 7.90. The second-order valence-electron chi connectivity index (χ2n) is 4.09. The van der Waals surface area contributed by atoms with Crippen LogP contribution in [0.5, 0.6) is 0 Å². The summed E-state index contributed by atoms with van der Waals surface area (Å²) in [5, 5.41) is 0. The number of nitrogens with zero attached hydrogens (tertiary/aromatic N) is 1. The second kappa shape index (κ2) is 4.93. The fourth-order valence-electron chi connectivity index (χ4n) is 1.53. The van der Waals surface area contributed by atoms with Crippen molar-refractivity contribution in [3.8, 4) is 0 Å². The monoisotopic (exact) mass is 304 g/mol. The first kappa shape index (κ1) is 14.6. The fraction of sp³-hybridized carbons (Fsp3) is 0.250. The molecule has 0 N–H and O–H groups in total.